The third-order valence-corrected chi connectivity index (χ3v) is 4.06. The molecule has 0 saturated carbocycles. The Morgan fingerprint density at radius 2 is 2.00 bits per heavy atom. The van der Waals surface area contributed by atoms with Crippen molar-refractivity contribution in [2.75, 3.05) is 13.1 Å². The second-order valence-electron chi connectivity index (χ2n) is 5.69. The molecule has 1 aromatic heterocycles. The van der Waals surface area contributed by atoms with Crippen molar-refractivity contribution in [1.82, 2.24) is 15.3 Å². The summed E-state index contributed by atoms with van der Waals surface area (Å²) < 4.78 is 0. The zero-order chi connectivity index (χ0) is 15.5. The highest BCUT2D eigenvalue weighted by Gasteiger charge is 2.18. The SMILES string of the molecule is Cc1nc(-c2cccc(C(N)=O)c2)cc(C2CCNCC2)n1. The number of nitrogens with one attached hydrogen (secondary N) is 1. The van der Waals surface area contributed by atoms with Crippen LogP contribution in [0.15, 0.2) is 30.3 Å². The van der Waals surface area contributed by atoms with Gasteiger partial charge in [-0.1, -0.05) is 12.1 Å². The summed E-state index contributed by atoms with van der Waals surface area (Å²) in [6.45, 7) is 3.96. The van der Waals surface area contributed by atoms with Gasteiger partial charge in [0.15, 0.2) is 0 Å². The lowest BCUT2D eigenvalue weighted by molar-refractivity contribution is 0.100. The summed E-state index contributed by atoms with van der Waals surface area (Å²) in [6.07, 6.45) is 2.19. The number of benzene rings is 1. The van der Waals surface area contributed by atoms with Gasteiger partial charge < -0.3 is 11.1 Å². The van der Waals surface area contributed by atoms with Crippen LogP contribution in [-0.2, 0) is 0 Å². The number of rotatable bonds is 3. The Labute approximate surface area is 130 Å². The topological polar surface area (TPSA) is 80.9 Å². The van der Waals surface area contributed by atoms with Crippen LogP contribution in [0.4, 0.5) is 0 Å². The molecule has 5 nitrogen and oxygen atoms in total. The summed E-state index contributed by atoms with van der Waals surface area (Å²) in [6, 6.07) is 9.32. The number of hydrogen-bond acceptors (Lipinski definition) is 4. The highest BCUT2D eigenvalue weighted by atomic mass is 16.1. The van der Waals surface area contributed by atoms with E-state index in [0.717, 1.165) is 48.7 Å². The number of aryl methyl sites for hydroxylation is 1. The van der Waals surface area contributed by atoms with Crippen LogP contribution in [0.25, 0.3) is 11.3 Å². The first-order chi connectivity index (χ1) is 10.6. The fraction of sp³-hybridized carbons (Fsp3) is 0.353. The standard InChI is InChI=1S/C17H20N4O/c1-11-20-15(12-5-7-19-8-6-12)10-16(21-11)13-3-2-4-14(9-13)17(18)22/h2-4,9-10,12,19H,5-8H2,1H3,(H2,18,22). The molecule has 1 aliphatic heterocycles. The number of aromatic nitrogens is 2. The Bertz CT molecular complexity index is 693. The van der Waals surface area contributed by atoms with Crippen molar-refractivity contribution >= 4 is 5.91 Å². The maximum atomic E-state index is 11.3. The van der Waals surface area contributed by atoms with Crippen molar-refractivity contribution in [3.05, 3.63) is 47.4 Å². The first-order valence-corrected chi connectivity index (χ1v) is 7.60. The molecule has 114 valence electrons. The molecular weight excluding hydrogens is 276 g/mol. The van der Waals surface area contributed by atoms with Crippen LogP contribution in [0.3, 0.4) is 0 Å². The van der Waals surface area contributed by atoms with Gasteiger partial charge in [0.05, 0.1) is 5.69 Å². The Kier molecular flexibility index (Phi) is 4.15. The molecule has 2 aromatic rings. The van der Waals surface area contributed by atoms with Gasteiger partial charge in [-0.05, 0) is 51.1 Å². The van der Waals surface area contributed by atoms with E-state index < -0.39 is 5.91 Å². The monoisotopic (exact) mass is 296 g/mol. The Morgan fingerprint density at radius 3 is 2.73 bits per heavy atom. The van der Waals surface area contributed by atoms with Crippen molar-refractivity contribution in [2.24, 2.45) is 5.73 Å². The normalized spacial score (nSPS) is 15.7. The predicted molar refractivity (Wildman–Crippen MR) is 85.6 cm³/mol. The van der Waals surface area contributed by atoms with Crippen LogP contribution in [0.5, 0.6) is 0 Å². The number of amides is 1. The van der Waals surface area contributed by atoms with E-state index >= 15 is 0 Å². The van der Waals surface area contributed by atoms with Gasteiger partial charge in [0.25, 0.3) is 0 Å². The number of carbonyl (C=O) groups is 1. The van der Waals surface area contributed by atoms with Gasteiger partial charge in [-0.25, -0.2) is 9.97 Å². The summed E-state index contributed by atoms with van der Waals surface area (Å²) in [5.74, 6) is 0.808. The van der Waals surface area contributed by atoms with E-state index in [0.29, 0.717) is 11.5 Å². The van der Waals surface area contributed by atoms with Crippen molar-refractivity contribution in [1.29, 1.82) is 0 Å². The lowest BCUT2D eigenvalue weighted by atomic mass is 9.93. The first-order valence-electron chi connectivity index (χ1n) is 7.60. The van der Waals surface area contributed by atoms with E-state index in [4.69, 9.17) is 5.73 Å². The fourth-order valence-electron chi connectivity index (χ4n) is 2.90. The largest absolute Gasteiger partial charge is 0.366 e. The summed E-state index contributed by atoms with van der Waals surface area (Å²) in [5, 5.41) is 3.37. The molecule has 3 rings (SSSR count). The molecule has 1 aromatic carbocycles. The molecule has 0 unspecified atom stereocenters. The van der Waals surface area contributed by atoms with E-state index in [2.05, 4.69) is 15.3 Å². The second kappa shape index (κ2) is 6.23. The van der Waals surface area contributed by atoms with Crippen molar-refractivity contribution < 1.29 is 4.79 Å². The molecular formula is C17H20N4O. The van der Waals surface area contributed by atoms with Gasteiger partial charge >= 0.3 is 0 Å². The van der Waals surface area contributed by atoms with Crippen LogP contribution in [0.2, 0.25) is 0 Å². The lowest BCUT2D eigenvalue weighted by Gasteiger charge is -2.22. The van der Waals surface area contributed by atoms with Crippen LogP contribution in [0, 0.1) is 6.92 Å². The molecule has 0 atom stereocenters. The van der Waals surface area contributed by atoms with Gasteiger partial charge in [0, 0.05) is 22.7 Å². The third kappa shape index (κ3) is 3.14. The van der Waals surface area contributed by atoms with Crippen molar-refractivity contribution in [3.8, 4) is 11.3 Å². The number of nitrogens with zero attached hydrogens (tertiary/aromatic N) is 2. The van der Waals surface area contributed by atoms with Crippen LogP contribution < -0.4 is 11.1 Å². The minimum absolute atomic E-state index is 0.425. The number of hydrogen-bond donors (Lipinski definition) is 2. The molecule has 1 aliphatic rings. The first kappa shape index (κ1) is 14.7. The Balaban J connectivity index is 1.98. The molecule has 0 aliphatic carbocycles. The Hall–Kier alpha value is -2.27. The zero-order valence-corrected chi connectivity index (χ0v) is 12.7. The quantitative estimate of drug-likeness (QED) is 0.908. The van der Waals surface area contributed by atoms with Crippen LogP contribution in [0.1, 0.15) is 40.6 Å². The van der Waals surface area contributed by atoms with Gasteiger partial charge in [-0.3, -0.25) is 4.79 Å². The van der Waals surface area contributed by atoms with E-state index in [1.165, 1.54) is 0 Å². The van der Waals surface area contributed by atoms with Gasteiger partial charge in [0.1, 0.15) is 5.82 Å². The van der Waals surface area contributed by atoms with Gasteiger partial charge in [-0.15, -0.1) is 0 Å². The van der Waals surface area contributed by atoms with Gasteiger partial charge in [-0.2, -0.15) is 0 Å². The molecule has 3 N–H and O–H groups in total. The van der Waals surface area contributed by atoms with Crippen molar-refractivity contribution in [3.63, 3.8) is 0 Å². The minimum Gasteiger partial charge on any atom is -0.366 e. The smallest absolute Gasteiger partial charge is 0.248 e. The average Bonchev–Trinajstić information content (AvgIpc) is 2.55. The number of piperidine rings is 1. The molecule has 0 spiro atoms. The molecule has 1 amide bonds. The zero-order valence-electron chi connectivity index (χ0n) is 12.7. The van der Waals surface area contributed by atoms with E-state index in [9.17, 15) is 4.79 Å². The Morgan fingerprint density at radius 1 is 1.23 bits per heavy atom. The molecule has 22 heavy (non-hydrogen) atoms. The minimum atomic E-state index is -0.425. The molecule has 1 fully saturated rings. The highest BCUT2D eigenvalue weighted by molar-refractivity contribution is 5.94. The third-order valence-electron chi connectivity index (χ3n) is 4.06. The summed E-state index contributed by atoms with van der Waals surface area (Å²) in [5.41, 5.74) is 8.70. The summed E-state index contributed by atoms with van der Waals surface area (Å²) >= 11 is 0. The molecule has 0 radical (unpaired) electrons. The summed E-state index contributed by atoms with van der Waals surface area (Å²) in [4.78, 5) is 20.5. The molecule has 0 bridgehead atoms. The van der Waals surface area contributed by atoms with Gasteiger partial charge in [0.2, 0.25) is 5.91 Å². The molecule has 1 saturated heterocycles. The van der Waals surface area contributed by atoms with E-state index in [-0.39, 0.29) is 0 Å². The second-order valence-corrected chi connectivity index (χ2v) is 5.69. The number of primary amides is 1. The fourth-order valence-corrected chi connectivity index (χ4v) is 2.90. The lowest BCUT2D eigenvalue weighted by Crippen LogP contribution is -2.27. The highest BCUT2D eigenvalue weighted by Crippen LogP contribution is 2.27. The summed E-state index contributed by atoms with van der Waals surface area (Å²) in [7, 11) is 0. The maximum absolute atomic E-state index is 11.3. The van der Waals surface area contributed by atoms with Crippen LogP contribution >= 0.6 is 0 Å². The molecule has 2 heterocycles. The van der Waals surface area contributed by atoms with Crippen molar-refractivity contribution in [2.45, 2.75) is 25.7 Å². The predicted octanol–water partition coefficient (Wildman–Crippen LogP) is 2.02. The number of carbonyl (C=O) groups excluding carboxylic acids is 1. The molecule has 5 heteroatoms. The average molecular weight is 296 g/mol. The van der Waals surface area contributed by atoms with Crippen LogP contribution in [-0.4, -0.2) is 29.0 Å². The maximum Gasteiger partial charge on any atom is 0.248 e. The van der Waals surface area contributed by atoms with E-state index in [1.807, 2.05) is 25.1 Å². The number of nitrogens with two attached hydrogens (primary N) is 1. The van der Waals surface area contributed by atoms with E-state index in [1.54, 1.807) is 12.1 Å².